The molecule has 0 unspecified atom stereocenters. The third kappa shape index (κ3) is 16.4. The first-order chi connectivity index (χ1) is 20.1. The average Bonchev–Trinajstić information content (AvgIpc) is 3.01. The van der Waals surface area contributed by atoms with Gasteiger partial charge in [0.15, 0.2) is 0 Å². The van der Waals surface area contributed by atoms with E-state index < -0.39 is 0 Å². The van der Waals surface area contributed by atoms with Crippen LogP contribution < -0.4 is 10.6 Å². The van der Waals surface area contributed by atoms with Crippen LogP contribution >= 0.6 is 0 Å². The van der Waals surface area contributed by atoms with E-state index in [0.29, 0.717) is 0 Å². The van der Waals surface area contributed by atoms with E-state index in [1.165, 1.54) is 96.3 Å². The van der Waals surface area contributed by atoms with Crippen LogP contribution in [0.3, 0.4) is 0 Å². The Morgan fingerprint density at radius 1 is 0.634 bits per heavy atom. The number of benzene rings is 2. The first-order valence-electron chi connectivity index (χ1n) is 16.7. The van der Waals surface area contributed by atoms with Gasteiger partial charge in [-0.05, 0) is 48.7 Å². The molecule has 0 aliphatic carbocycles. The summed E-state index contributed by atoms with van der Waals surface area (Å²) in [7, 11) is 0. The van der Waals surface area contributed by atoms with Crippen molar-refractivity contribution < 1.29 is 4.79 Å². The maximum Gasteiger partial charge on any atom is 0.242 e. The molecule has 228 valence electrons. The molecule has 1 amide bonds. The van der Waals surface area contributed by atoms with Crippen molar-refractivity contribution in [3.05, 3.63) is 54.6 Å². The summed E-state index contributed by atoms with van der Waals surface area (Å²) in [4.78, 5) is 13.0. The molecule has 0 aromatic heterocycles. The summed E-state index contributed by atoms with van der Waals surface area (Å²) >= 11 is 0. The van der Waals surface area contributed by atoms with Gasteiger partial charge in [0.25, 0.3) is 0 Å². The molecule has 5 heteroatoms. The third-order valence-corrected chi connectivity index (χ3v) is 8.05. The van der Waals surface area contributed by atoms with E-state index in [-0.39, 0.29) is 17.9 Å². The molecule has 2 aromatic carbocycles. The van der Waals surface area contributed by atoms with E-state index in [4.69, 9.17) is 0 Å². The number of amides is 1. The van der Waals surface area contributed by atoms with Crippen LogP contribution in [-0.4, -0.2) is 18.5 Å². The van der Waals surface area contributed by atoms with E-state index in [1.54, 1.807) is 0 Å². The minimum absolute atomic E-state index is 0.0909. The van der Waals surface area contributed by atoms with Crippen LogP contribution in [0.1, 0.15) is 130 Å². The highest BCUT2D eigenvalue weighted by Gasteiger charge is 2.23. The highest BCUT2D eigenvalue weighted by Crippen LogP contribution is 2.22. The molecular formula is C36H58N4O. The van der Waals surface area contributed by atoms with Gasteiger partial charge in [-0.15, -0.1) is 0 Å². The normalized spacial score (nSPS) is 12.9. The van der Waals surface area contributed by atoms with Crippen molar-refractivity contribution in [2.45, 2.75) is 136 Å². The number of anilines is 1. The molecule has 5 nitrogen and oxygen atoms in total. The van der Waals surface area contributed by atoms with Gasteiger partial charge in [-0.1, -0.05) is 142 Å². The van der Waals surface area contributed by atoms with Gasteiger partial charge < -0.3 is 10.6 Å². The van der Waals surface area contributed by atoms with Crippen LogP contribution in [0.15, 0.2) is 64.8 Å². The Morgan fingerprint density at radius 3 is 1.59 bits per heavy atom. The van der Waals surface area contributed by atoms with Gasteiger partial charge >= 0.3 is 0 Å². The van der Waals surface area contributed by atoms with E-state index >= 15 is 0 Å². The van der Waals surface area contributed by atoms with Crippen molar-refractivity contribution >= 4 is 23.0 Å². The summed E-state index contributed by atoms with van der Waals surface area (Å²) in [6, 6.07) is 17.2. The maximum absolute atomic E-state index is 13.0. The SMILES string of the molecule is CCCCCCCCCCCCCCCCCCNC(=O)[C@@H](Nc1ccc(N=Nc2ccccc2)cc1)[C@@H](C)CC. The molecule has 0 aliphatic heterocycles. The molecule has 0 aliphatic rings. The Bertz CT molecular complexity index is 928. The summed E-state index contributed by atoms with van der Waals surface area (Å²) in [5.74, 6) is 0.325. The molecule has 0 heterocycles. The number of unbranched alkanes of at least 4 members (excludes halogenated alkanes) is 15. The summed E-state index contributed by atoms with van der Waals surface area (Å²) in [6.07, 6.45) is 22.7. The highest BCUT2D eigenvalue weighted by molar-refractivity contribution is 5.85. The summed E-state index contributed by atoms with van der Waals surface area (Å²) in [5, 5.41) is 15.2. The molecule has 0 bridgehead atoms. The topological polar surface area (TPSA) is 65.8 Å². The predicted molar refractivity (Wildman–Crippen MR) is 176 cm³/mol. The van der Waals surface area contributed by atoms with Gasteiger partial charge in [0.2, 0.25) is 5.91 Å². The van der Waals surface area contributed by atoms with E-state index in [1.807, 2.05) is 54.6 Å². The lowest BCUT2D eigenvalue weighted by atomic mass is 9.98. The zero-order valence-electron chi connectivity index (χ0n) is 26.4. The van der Waals surface area contributed by atoms with Crippen molar-refractivity contribution in [3.63, 3.8) is 0 Å². The van der Waals surface area contributed by atoms with Crippen molar-refractivity contribution in [2.75, 3.05) is 11.9 Å². The molecule has 2 aromatic rings. The van der Waals surface area contributed by atoms with Gasteiger partial charge in [0.1, 0.15) is 6.04 Å². The van der Waals surface area contributed by atoms with Gasteiger partial charge in [-0.3, -0.25) is 4.79 Å². The maximum atomic E-state index is 13.0. The molecular weight excluding hydrogens is 504 g/mol. The molecule has 0 fully saturated rings. The van der Waals surface area contributed by atoms with Crippen LogP contribution in [0.5, 0.6) is 0 Å². The molecule has 0 spiro atoms. The first kappa shape index (κ1) is 34.5. The Labute approximate surface area is 251 Å². The Hall–Kier alpha value is -2.69. The zero-order valence-corrected chi connectivity index (χ0v) is 26.4. The number of hydrogen-bond donors (Lipinski definition) is 2. The lowest BCUT2D eigenvalue weighted by molar-refractivity contribution is -0.122. The number of nitrogens with zero attached hydrogens (tertiary/aromatic N) is 2. The van der Waals surface area contributed by atoms with Gasteiger partial charge in [-0.2, -0.15) is 10.2 Å². The quantitative estimate of drug-likeness (QED) is 0.0987. The number of rotatable bonds is 24. The summed E-state index contributed by atoms with van der Waals surface area (Å²) < 4.78 is 0. The highest BCUT2D eigenvalue weighted by atomic mass is 16.2. The van der Waals surface area contributed by atoms with E-state index in [9.17, 15) is 4.79 Å². The Balaban J connectivity index is 1.55. The van der Waals surface area contributed by atoms with Crippen LogP contribution in [0.2, 0.25) is 0 Å². The van der Waals surface area contributed by atoms with Crippen LogP contribution in [0.25, 0.3) is 0 Å². The molecule has 0 radical (unpaired) electrons. The fraction of sp³-hybridized carbons (Fsp3) is 0.639. The lowest BCUT2D eigenvalue weighted by Gasteiger charge is -2.24. The number of carbonyl (C=O) groups excluding carboxylic acids is 1. The molecule has 0 saturated heterocycles. The first-order valence-corrected chi connectivity index (χ1v) is 16.7. The van der Waals surface area contributed by atoms with Crippen molar-refractivity contribution in [3.8, 4) is 0 Å². The monoisotopic (exact) mass is 562 g/mol. The van der Waals surface area contributed by atoms with Crippen LogP contribution in [-0.2, 0) is 4.79 Å². The van der Waals surface area contributed by atoms with Crippen molar-refractivity contribution in [2.24, 2.45) is 16.1 Å². The molecule has 2 N–H and O–H groups in total. The predicted octanol–water partition coefficient (Wildman–Crippen LogP) is 11.3. The number of azo groups is 1. The number of nitrogens with one attached hydrogen (secondary N) is 2. The number of carbonyl (C=O) groups is 1. The van der Waals surface area contributed by atoms with Crippen LogP contribution in [0, 0.1) is 5.92 Å². The lowest BCUT2D eigenvalue weighted by Crippen LogP contribution is -2.44. The molecule has 41 heavy (non-hydrogen) atoms. The summed E-state index contributed by atoms with van der Waals surface area (Å²) in [5.41, 5.74) is 2.53. The summed E-state index contributed by atoms with van der Waals surface area (Å²) in [6.45, 7) is 7.31. The van der Waals surface area contributed by atoms with E-state index in [2.05, 4.69) is 41.6 Å². The standard InChI is InChI=1S/C36H58N4O/c1-4-6-7-8-9-10-11-12-13-14-15-16-17-18-19-23-30-37-36(41)35(31(3)5-2)38-32-26-28-34(29-27-32)40-39-33-24-21-20-22-25-33/h20-22,24-29,31,35,38H,4-19,23,30H2,1-3H3,(H,37,41)/t31-,35-/m0/s1. The Kier molecular flexibility index (Phi) is 19.3. The van der Waals surface area contributed by atoms with E-state index in [0.717, 1.165) is 36.4 Å². The molecule has 2 atom stereocenters. The van der Waals surface area contributed by atoms with Gasteiger partial charge in [-0.25, -0.2) is 0 Å². The minimum Gasteiger partial charge on any atom is -0.373 e. The van der Waals surface area contributed by atoms with Gasteiger partial charge in [0.05, 0.1) is 11.4 Å². The van der Waals surface area contributed by atoms with Crippen molar-refractivity contribution in [1.82, 2.24) is 5.32 Å². The third-order valence-electron chi connectivity index (χ3n) is 8.05. The van der Waals surface area contributed by atoms with Crippen molar-refractivity contribution in [1.29, 1.82) is 0 Å². The second-order valence-electron chi connectivity index (χ2n) is 11.7. The minimum atomic E-state index is -0.252. The Morgan fingerprint density at radius 2 is 1.10 bits per heavy atom. The zero-order chi connectivity index (χ0) is 29.4. The average molecular weight is 563 g/mol. The second-order valence-corrected chi connectivity index (χ2v) is 11.7. The van der Waals surface area contributed by atoms with Gasteiger partial charge in [0, 0.05) is 12.2 Å². The molecule has 0 saturated carbocycles. The second kappa shape index (κ2) is 22.9. The largest absolute Gasteiger partial charge is 0.373 e. The van der Waals surface area contributed by atoms with Crippen LogP contribution in [0.4, 0.5) is 17.1 Å². The fourth-order valence-electron chi connectivity index (χ4n) is 5.11. The smallest absolute Gasteiger partial charge is 0.242 e. The molecule has 2 rings (SSSR count). The fourth-order valence-corrected chi connectivity index (χ4v) is 5.11. The number of hydrogen-bond acceptors (Lipinski definition) is 4.